The highest BCUT2D eigenvalue weighted by molar-refractivity contribution is 6.26. The molecule has 8 aromatic carbocycles. The lowest BCUT2D eigenvalue weighted by molar-refractivity contribution is 0.668. The second-order valence-corrected chi connectivity index (χ2v) is 13.2. The van der Waals surface area contributed by atoms with E-state index in [1.807, 2.05) is 6.07 Å². The van der Waals surface area contributed by atoms with Crippen LogP contribution in [0.5, 0.6) is 0 Å². The van der Waals surface area contributed by atoms with Crippen LogP contribution in [-0.2, 0) is 5.41 Å². The molecule has 0 bridgehead atoms. The molecule has 1 heterocycles. The largest absolute Gasteiger partial charge is 0.456 e. The highest BCUT2D eigenvalue weighted by Gasteiger charge is 2.39. The Morgan fingerprint density at radius 1 is 0.370 bits per heavy atom. The third-order valence-electron chi connectivity index (χ3n) is 10.4. The molecule has 0 amide bonds. The van der Waals surface area contributed by atoms with Crippen molar-refractivity contribution in [1.82, 2.24) is 0 Å². The van der Waals surface area contributed by atoms with Crippen LogP contribution in [0.25, 0.3) is 87.6 Å². The van der Waals surface area contributed by atoms with Gasteiger partial charge in [-0.3, -0.25) is 0 Å². The van der Waals surface area contributed by atoms with Crippen molar-refractivity contribution in [2.45, 2.75) is 19.3 Å². The molecular weight excluding hydrogens is 556 g/mol. The van der Waals surface area contributed by atoms with Crippen molar-refractivity contribution in [3.63, 3.8) is 0 Å². The van der Waals surface area contributed by atoms with Gasteiger partial charge in [-0.2, -0.15) is 0 Å². The first-order valence-corrected chi connectivity index (χ1v) is 16.1. The van der Waals surface area contributed by atoms with E-state index in [4.69, 9.17) is 4.42 Å². The molecule has 0 N–H and O–H groups in total. The van der Waals surface area contributed by atoms with Crippen LogP contribution in [0, 0.1) is 0 Å². The Morgan fingerprint density at radius 3 is 1.59 bits per heavy atom. The number of benzene rings is 8. The van der Waals surface area contributed by atoms with Crippen molar-refractivity contribution < 1.29 is 4.42 Å². The van der Waals surface area contributed by atoms with Gasteiger partial charge in [-0.05, 0) is 89.0 Å². The molecule has 9 aromatic rings. The SMILES string of the molecule is CC1(C)c2c(cccc2-c2c3ccccc3c(-c3cccc4oc5ccccc5c34)c3ccccc23)-c2ccc3ccccc3c21. The normalized spacial score (nSPS) is 13.6. The summed E-state index contributed by atoms with van der Waals surface area (Å²) in [6.07, 6.45) is 0. The van der Waals surface area contributed by atoms with Crippen LogP contribution in [0.4, 0.5) is 0 Å². The highest BCUT2D eigenvalue weighted by atomic mass is 16.3. The monoisotopic (exact) mass is 586 g/mol. The van der Waals surface area contributed by atoms with E-state index in [2.05, 4.69) is 153 Å². The molecule has 0 radical (unpaired) electrons. The molecule has 0 saturated carbocycles. The fraction of sp³-hybridized carbons (Fsp3) is 0.0667. The van der Waals surface area contributed by atoms with E-state index >= 15 is 0 Å². The van der Waals surface area contributed by atoms with Gasteiger partial charge in [0.05, 0.1) is 0 Å². The summed E-state index contributed by atoms with van der Waals surface area (Å²) in [5.74, 6) is 0. The molecule has 216 valence electrons. The summed E-state index contributed by atoms with van der Waals surface area (Å²) in [6.45, 7) is 4.83. The van der Waals surface area contributed by atoms with E-state index in [9.17, 15) is 0 Å². The lowest BCUT2D eigenvalue weighted by atomic mass is 9.75. The molecule has 1 aliphatic rings. The minimum absolute atomic E-state index is 0.176. The van der Waals surface area contributed by atoms with Gasteiger partial charge in [0, 0.05) is 16.2 Å². The number of fused-ring (bicyclic) bond motifs is 10. The van der Waals surface area contributed by atoms with Gasteiger partial charge in [0.2, 0.25) is 0 Å². The second kappa shape index (κ2) is 9.19. The third kappa shape index (κ3) is 3.30. The van der Waals surface area contributed by atoms with Gasteiger partial charge in [-0.15, -0.1) is 0 Å². The topological polar surface area (TPSA) is 13.1 Å². The van der Waals surface area contributed by atoms with E-state index in [-0.39, 0.29) is 5.41 Å². The summed E-state index contributed by atoms with van der Waals surface area (Å²) in [5.41, 5.74) is 12.3. The van der Waals surface area contributed by atoms with E-state index in [0.717, 1.165) is 16.6 Å². The van der Waals surface area contributed by atoms with E-state index in [1.165, 1.54) is 82.2 Å². The summed E-state index contributed by atoms with van der Waals surface area (Å²) >= 11 is 0. The maximum Gasteiger partial charge on any atom is 0.136 e. The average Bonchev–Trinajstić information content (AvgIpc) is 3.60. The molecule has 1 nitrogen and oxygen atoms in total. The molecule has 0 atom stereocenters. The zero-order valence-electron chi connectivity index (χ0n) is 25.8. The lowest BCUT2D eigenvalue weighted by Gasteiger charge is -2.27. The zero-order chi connectivity index (χ0) is 30.6. The van der Waals surface area contributed by atoms with E-state index in [0.29, 0.717) is 0 Å². The quantitative estimate of drug-likeness (QED) is 0.184. The molecule has 0 spiro atoms. The van der Waals surface area contributed by atoms with Crippen LogP contribution in [0.15, 0.2) is 150 Å². The number of rotatable bonds is 2. The summed E-state index contributed by atoms with van der Waals surface area (Å²) in [7, 11) is 0. The van der Waals surface area contributed by atoms with Crippen LogP contribution in [-0.4, -0.2) is 0 Å². The van der Waals surface area contributed by atoms with Gasteiger partial charge in [-0.25, -0.2) is 0 Å². The first-order valence-electron chi connectivity index (χ1n) is 16.1. The molecule has 0 saturated heterocycles. The molecule has 1 heteroatoms. The Kier molecular flexibility index (Phi) is 5.12. The summed E-state index contributed by atoms with van der Waals surface area (Å²) in [4.78, 5) is 0. The minimum atomic E-state index is -0.176. The van der Waals surface area contributed by atoms with Crippen molar-refractivity contribution in [2.24, 2.45) is 0 Å². The fourth-order valence-corrected chi connectivity index (χ4v) is 8.64. The van der Waals surface area contributed by atoms with Gasteiger partial charge in [-0.1, -0.05) is 147 Å². The Bertz CT molecular complexity index is 2660. The number of hydrogen-bond donors (Lipinski definition) is 0. The van der Waals surface area contributed by atoms with Crippen molar-refractivity contribution in [3.05, 3.63) is 157 Å². The van der Waals surface area contributed by atoms with Crippen LogP contribution in [0.2, 0.25) is 0 Å². The maximum absolute atomic E-state index is 6.37. The maximum atomic E-state index is 6.37. The van der Waals surface area contributed by atoms with Crippen molar-refractivity contribution in [3.8, 4) is 33.4 Å². The number of furan rings is 1. The van der Waals surface area contributed by atoms with Gasteiger partial charge in [0.15, 0.2) is 0 Å². The molecule has 10 rings (SSSR count). The van der Waals surface area contributed by atoms with Crippen molar-refractivity contribution in [1.29, 1.82) is 0 Å². The van der Waals surface area contributed by atoms with Gasteiger partial charge in [0.25, 0.3) is 0 Å². The smallest absolute Gasteiger partial charge is 0.136 e. The van der Waals surface area contributed by atoms with Crippen LogP contribution < -0.4 is 0 Å². The molecule has 0 unspecified atom stereocenters. The predicted molar refractivity (Wildman–Crippen MR) is 195 cm³/mol. The Hall–Kier alpha value is -5.66. The standard InChI is InChI=1S/C45H30O/c1-45(2)43-28-14-4-3-13-27(28)25-26-34(43)33-20-11-22-37(44(33)45)41-31-17-7-5-15-29(31)40(30-16-6-8-18-32(30)41)36-21-12-24-39-42(36)35-19-9-10-23-38(35)46-39/h3-26H,1-2H3. The average molecular weight is 587 g/mol. The van der Waals surface area contributed by atoms with Crippen LogP contribution in [0.3, 0.4) is 0 Å². The summed E-state index contributed by atoms with van der Waals surface area (Å²) in [5, 5.41) is 10.0. The molecule has 0 aliphatic heterocycles. The molecule has 0 fully saturated rings. The first-order chi connectivity index (χ1) is 22.6. The van der Waals surface area contributed by atoms with Gasteiger partial charge in [0.1, 0.15) is 11.2 Å². The number of para-hydroxylation sites is 1. The first kappa shape index (κ1) is 25.6. The minimum Gasteiger partial charge on any atom is -0.456 e. The second-order valence-electron chi connectivity index (χ2n) is 13.2. The summed E-state index contributed by atoms with van der Waals surface area (Å²) < 4.78 is 6.37. The molecule has 1 aliphatic carbocycles. The predicted octanol–water partition coefficient (Wildman–Crippen LogP) is 12.7. The zero-order valence-corrected chi connectivity index (χ0v) is 25.8. The third-order valence-corrected chi connectivity index (χ3v) is 10.4. The van der Waals surface area contributed by atoms with Crippen molar-refractivity contribution in [2.75, 3.05) is 0 Å². The Morgan fingerprint density at radius 2 is 0.870 bits per heavy atom. The highest BCUT2D eigenvalue weighted by Crippen LogP contribution is 2.56. The molecular formula is C45H30O. The lowest BCUT2D eigenvalue weighted by Crippen LogP contribution is -2.17. The van der Waals surface area contributed by atoms with Gasteiger partial charge < -0.3 is 4.42 Å². The Balaban J connectivity index is 1.34. The van der Waals surface area contributed by atoms with Crippen LogP contribution >= 0.6 is 0 Å². The fourth-order valence-electron chi connectivity index (χ4n) is 8.64. The van der Waals surface area contributed by atoms with E-state index < -0.39 is 0 Å². The molecule has 46 heavy (non-hydrogen) atoms. The van der Waals surface area contributed by atoms with Crippen molar-refractivity contribution >= 4 is 54.3 Å². The number of hydrogen-bond acceptors (Lipinski definition) is 1. The molecule has 1 aromatic heterocycles. The van der Waals surface area contributed by atoms with E-state index in [1.54, 1.807) is 0 Å². The summed E-state index contributed by atoms with van der Waals surface area (Å²) in [6, 6.07) is 53.3. The van der Waals surface area contributed by atoms with Crippen LogP contribution in [0.1, 0.15) is 25.0 Å². The van der Waals surface area contributed by atoms with Gasteiger partial charge >= 0.3 is 0 Å². The Labute approximate surface area is 267 Å².